The van der Waals surface area contributed by atoms with Gasteiger partial charge in [0.25, 0.3) is 0 Å². The van der Waals surface area contributed by atoms with Crippen LogP contribution in [0.15, 0.2) is 24.3 Å². The molecule has 1 aromatic rings. The first-order valence-electron chi connectivity index (χ1n) is 7.30. The normalized spacial score (nSPS) is 18.3. The van der Waals surface area contributed by atoms with Crippen LogP contribution in [0.1, 0.15) is 12.5 Å². The zero-order valence-corrected chi connectivity index (χ0v) is 14.4. The van der Waals surface area contributed by atoms with E-state index in [0.717, 1.165) is 5.56 Å². The number of amides is 2. The van der Waals surface area contributed by atoms with E-state index in [0.29, 0.717) is 5.02 Å². The Morgan fingerprint density at radius 2 is 1.96 bits per heavy atom. The molecule has 1 aromatic carbocycles. The lowest BCUT2D eigenvalue weighted by Gasteiger charge is -2.29. The molecule has 0 bridgehead atoms. The molecule has 0 radical (unpaired) electrons. The Bertz CT molecular complexity index is 691. The van der Waals surface area contributed by atoms with Crippen LogP contribution in [0.25, 0.3) is 0 Å². The maximum atomic E-state index is 12.2. The Hall–Kier alpha value is -1.60. The molecule has 2 amide bonds. The van der Waals surface area contributed by atoms with E-state index >= 15 is 0 Å². The molecule has 1 heterocycles. The lowest BCUT2D eigenvalue weighted by Crippen LogP contribution is -2.51. The van der Waals surface area contributed by atoms with Gasteiger partial charge in [0.2, 0.25) is 11.8 Å². The van der Waals surface area contributed by atoms with Crippen molar-refractivity contribution in [3.63, 3.8) is 0 Å². The minimum atomic E-state index is -3.04. The van der Waals surface area contributed by atoms with Gasteiger partial charge in [0.15, 0.2) is 9.84 Å². The van der Waals surface area contributed by atoms with Crippen molar-refractivity contribution < 1.29 is 18.0 Å². The molecule has 6 nitrogen and oxygen atoms in total. The summed E-state index contributed by atoms with van der Waals surface area (Å²) in [7, 11) is -3.04. The monoisotopic (exact) mass is 358 g/mol. The lowest BCUT2D eigenvalue weighted by molar-refractivity contribution is -0.135. The average Bonchev–Trinajstić information content (AvgIpc) is 2.46. The zero-order valence-electron chi connectivity index (χ0n) is 12.8. The fourth-order valence-electron chi connectivity index (χ4n) is 2.39. The van der Waals surface area contributed by atoms with E-state index in [1.54, 1.807) is 31.2 Å². The van der Waals surface area contributed by atoms with Gasteiger partial charge in [-0.2, -0.15) is 0 Å². The third kappa shape index (κ3) is 5.21. The first-order valence-corrected chi connectivity index (χ1v) is 9.50. The molecule has 0 spiro atoms. The van der Waals surface area contributed by atoms with Gasteiger partial charge in [-0.1, -0.05) is 23.7 Å². The first kappa shape index (κ1) is 17.7. The molecule has 1 unspecified atom stereocenters. The average molecular weight is 359 g/mol. The molecular formula is C15H19ClN2O4S. The number of nitrogens with zero attached hydrogens (tertiary/aromatic N) is 1. The van der Waals surface area contributed by atoms with Gasteiger partial charge >= 0.3 is 0 Å². The molecule has 1 aliphatic rings. The Labute approximate surface area is 140 Å². The number of sulfone groups is 1. The topological polar surface area (TPSA) is 83.6 Å². The molecule has 8 heteroatoms. The molecule has 0 aromatic heterocycles. The van der Waals surface area contributed by atoms with Crippen LogP contribution in [0.3, 0.4) is 0 Å². The second-order valence-corrected chi connectivity index (χ2v) is 8.31. The van der Waals surface area contributed by atoms with Gasteiger partial charge in [0.1, 0.15) is 6.04 Å². The van der Waals surface area contributed by atoms with Crippen LogP contribution in [-0.4, -0.2) is 55.8 Å². The van der Waals surface area contributed by atoms with E-state index in [1.165, 1.54) is 4.90 Å². The number of carbonyl (C=O) groups is 2. The van der Waals surface area contributed by atoms with Crippen molar-refractivity contribution in [1.29, 1.82) is 0 Å². The van der Waals surface area contributed by atoms with Crippen LogP contribution in [0.2, 0.25) is 5.02 Å². The second kappa shape index (κ2) is 7.31. The van der Waals surface area contributed by atoms with Crippen molar-refractivity contribution in [1.82, 2.24) is 10.2 Å². The molecule has 1 N–H and O–H groups in total. The van der Waals surface area contributed by atoms with Gasteiger partial charge in [-0.05, 0) is 24.6 Å². The quantitative estimate of drug-likeness (QED) is 0.856. The Balaban J connectivity index is 1.87. The smallest absolute Gasteiger partial charge is 0.244 e. The number of rotatable bonds is 4. The molecule has 126 valence electrons. The number of nitrogens with one attached hydrogen (secondary N) is 1. The molecule has 1 aliphatic heterocycles. The van der Waals surface area contributed by atoms with Gasteiger partial charge in [-0.3, -0.25) is 9.59 Å². The summed E-state index contributed by atoms with van der Waals surface area (Å²) < 4.78 is 22.8. The number of hydrogen-bond acceptors (Lipinski definition) is 4. The standard InChI is InChI=1S/C15H19ClN2O4S/c1-11(15(20)18-5-7-23(21,22)8-6-18)17-14(19)10-12-3-2-4-13(16)9-12/h2-4,9,11H,5-8,10H2,1H3,(H,17,19). The van der Waals surface area contributed by atoms with Gasteiger partial charge < -0.3 is 10.2 Å². The molecule has 0 aliphatic carbocycles. The summed E-state index contributed by atoms with van der Waals surface area (Å²) in [5.74, 6) is -0.596. The number of halogens is 1. The van der Waals surface area contributed by atoms with Crippen LogP contribution in [-0.2, 0) is 25.8 Å². The molecule has 0 saturated carbocycles. The van der Waals surface area contributed by atoms with Gasteiger partial charge in [-0.25, -0.2) is 8.42 Å². The molecule has 1 saturated heterocycles. The fourth-order valence-corrected chi connectivity index (χ4v) is 3.81. The van der Waals surface area contributed by atoms with Crippen molar-refractivity contribution in [2.24, 2.45) is 0 Å². The van der Waals surface area contributed by atoms with Crippen molar-refractivity contribution in [2.75, 3.05) is 24.6 Å². The van der Waals surface area contributed by atoms with Crippen molar-refractivity contribution in [3.05, 3.63) is 34.9 Å². The third-order valence-corrected chi connectivity index (χ3v) is 5.50. The number of carbonyl (C=O) groups excluding carboxylic acids is 2. The molecule has 1 fully saturated rings. The molecule has 2 rings (SSSR count). The van der Waals surface area contributed by atoms with E-state index in [4.69, 9.17) is 11.6 Å². The van der Waals surface area contributed by atoms with Crippen molar-refractivity contribution in [2.45, 2.75) is 19.4 Å². The maximum Gasteiger partial charge on any atom is 0.244 e. The van der Waals surface area contributed by atoms with Gasteiger partial charge in [0.05, 0.1) is 17.9 Å². The molecular weight excluding hydrogens is 340 g/mol. The number of hydrogen-bond donors (Lipinski definition) is 1. The van der Waals surface area contributed by atoms with E-state index in [9.17, 15) is 18.0 Å². The van der Waals surface area contributed by atoms with E-state index in [2.05, 4.69) is 5.32 Å². The summed E-state index contributed by atoms with van der Waals surface area (Å²) >= 11 is 5.87. The summed E-state index contributed by atoms with van der Waals surface area (Å²) in [6.07, 6.45) is 0.132. The van der Waals surface area contributed by atoms with Gasteiger partial charge in [0, 0.05) is 18.1 Å². The van der Waals surface area contributed by atoms with E-state index < -0.39 is 15.9 Å². The summed E-state index contributed by atoms with van der Waals surface area (Å²) in [5, 5.41) is 3.19. The molecule has 1 atom stereocenters. The number of benzene rings is 1. The summed E-state index contributed by atoms with van der Waals surface area (Å²) in [6.45, 7) is 1.95. The highest BCUT2D eigenvalue weighted by Crippen LogP contribution is 2.11. The predicted molar refractivity (Wildman–Crippen MR) is 88.0 cm³/mol. The summed E-state index contributed by atoms with van der Waals surface area (Å²) in [5.41, 5.74) is 0.763. The van der Waals surface area contributed by atoms with Crippen LogP contribution in [0.5, 0.6) is 0 Å². The highest BCUT2D eigenvalue weighted by molar-refractivity contribution is 7.91. The lowest BCUT2D eigenvalue weighted by atomic mass is 10.1. The van der Waals surface area contributed by atoms with Crippen LogP contribution in [0, 0.1) is 0 Å². The largest absolute Gasteiger partial charge is 0.344 e. The van der Waals surface area contributed by atoms with Crippen LogP contribution in [0.4, 0.5) is 0 Å². The maximum absolute atomic E-state index is 12.2. The van der Waals surface area contributed by atoms with Crippen molar-refractivity contribution in [3.8, 4) is 0 Å². The van der Waals surface area contributed by atoms with E-state index in [-0.39, 0.29) is 42.8 Å². The Morgan fingerprint density at radius 3 is 2.57 bits per heavy atom. The fraction of sp³-hybridized carbons (Fsp3) is 0.467. The predicted octanol–water partition coefficient (Wildman–Crippen LogP) is 0.644. The minimum absolute atomic E-state index is 0.0259. The van der Waals surface area contributed by atoms with Crippen LogP contribution >= 0.6 is 11.6 Å². The van der Waals surface area contributed by atoms with Crippen molar-refractivity contribution >= 4 is 33.3 Å². The van der Waals surface area contributed by atoms with Gasteiger partial charge in [-0.15, -0.1) is 0 Å². The summed E-state index contributed by atoms with van der Waals surface area (Å²) in [6, 6.07) is 6.27. The first-order chi connectivity index (χ1) is 10.8. The zero-order chi connectivity index (χ0) is 17.0. The Kier molecular flexibility index (Phi) is 5.64. The highest BCUT2D eigenvalue weighted by atomic mass is 35.5. The minimum Gasteiger partial charge on any atom is -0.344 e. The SMILES string of the molecule is CC(NC(=O)Cc1cccc(Cl)c1)C(=O)N1CCS(=O)(=O)CC1. The third-order valence-electron chi connectivity index (χ3n) is 3.66. The highest BCUT2D eigenvalue weighted by Gasteiger charge is 2.28. The van der Waals surface area contributed by atoms with Crippen LogP contribution < -0.4 is 5.32 Å². The summed E-state index contributed by atoms with van der Waals surface area (Å²) in [4.78, 5) is 25.7. The van der Waals surface area contributed by atoms with E-state index in [1.807, 2.05) is 0 Å². The Morgan fingerprint density at radius 1 is 1.30 bits per heavy atom. The molecule has 23 heavy (non-hydrogen) atoms. The second-order valence-electron chi connectivity index (χ2n) is 5.57.